The zero-order valence-corrected chi connectivity index (χ0v) is 20.6. The molecule has 1 aliphatic rings. The van der Waals surface area contributed by atoms with E-state index in [2.05, 4.69) is 27.9 Å². The normalized spacial score (nSPS) is 14.8. The third-order valence-corrected chi connectivity index (χ3v) is 6.65. The molecule has 0 aliphatic heterocycles. The summed E-state index contributed by atoms with van der Waals surface area (Å²) in [5, 5.41) is 3.71. The van der Waals surface area contributed by atoms with E-state index in [9.17, 15) is 9.59 Å². The van der Waals surface area contributed by atoms with E-state index in [0.29, 0.717) is 17.2 Å². The fraction of sp³-hybridized carbons (Fsp3) is 0.417. The first-order valence-electron chi connectivity index (χ1n) is 10.7. The molecule has 1 fully saturated rings. The van der Waals surface area contributed by atoms with Crippen molar-refractivity contribution in [3.05, 3.63) is 62.7 Å². The lowest BCUT2D eigenvalue weighted by atomic mass is 10.1. The SMILES string of the molecule is CCC(C(=O)NC1CCCC1)N(Cc1ccccc1Cl)C(=O)COc1ccc(I)cc1. The Hall–Kier alpha value is -1.80. The van der Waals surface area contributed by atoms with Crippen LogP contribution in [-0.4, -0.2) is 35.4 Å². The highest BCUT2D eigenvalue weighted by Gasteiger charge is 2.31. The monoisotopic (exact) mass is 554 g/mol. The molecule has 1 saturated carbocycles. The van der Waals surface area contributed by atoms with Crippen molar-refractivity contribution in [2.75, 3.05) is 6.61 Å². The van der Waals surface area contributed by atoms with Crippen LogP contribution >= 0.6 is 34.2 Å². The van der Waals surface area contributed by atoms with Gasteiger partial charge in [0.25, 0.3) is 5.91 Å². The molecule has 0 aromatic heterocycles. The van der Waals surface area contributed by atoms with Crippen molar-refractivity contribution in [3.63, 3.8) is 0 Å². The summed E-state index contributed by atoms with van der Waals surface area (Å²) in [6.45, 7) is 2.04. The molecule has 2 aromatic rings. The molecule has 0 bridgehead atoms. The number of ether oxygens (including phenoxy) is 1. The zero-order valence-electron chi connectivity index (χ0n) is 17.7. The van der Waals surface area contributed by atoms with Gasteiger partial charge in [-0.2, -0.15) is 0 Å². The van der Waals surface area contributed by atoms with Crippen LogP contribution in [0.3, 0.4) is 0 Å². The van der Waals surface area contributed by atoms with Gasteiger partial charge < -0.3 is 15.0 Å². The summed E-state index contributed by atoms with van der Waals surface area (Å²) < 4.78 is 6.81. The summed E-state index contributed by atoms with van der Waals surface area (Å²) in [5.74, 6) is 0.269. The zero-order chi connectivity index (χ0) is 22.2. The van der Waals surface area contributed by atoms with Crippen molar-refractivity contribution >= 4 is 46.0 Å². The molecule has 166 valence electrons. The van der Waals surface area contributed by atoms with Crippen molar-refractivity contribution < 1.29 is 14.3 Å². The molecule has 1 N–H and O–H groups in total. The van der Waals surface area contributed by atoms with E-state index in [1.807, 2.05) is 49.4 Å². The van der Waals surface area contributed by atoms with Crippen molar-refractivity contribution in [2.24, 2.45) is 0 Å². The Morgan fingerprint density at radius 2 is 1.84 bits per heavy atom. The Bertz CT molecular complexity index is 885. The van der Waals surface area contributed by atoms with Crippen molar-refractivity contribution in [2.45, 2.75) is 57.7 Å². The minimum atomic E-state index is -0.579. The lowest BCUT2D eigenvalue weighted by Crippen LogP contribution is -2.52. The Morgan fingerprint density at radius 1 is 1.16 bits per heavy atom. The molecule has 1 aliphatic carbocycles. The summed E-state index contributed by atoms with van der Waals surface area (Å²) in [5.41, 5.74) is 0.805. The van der Waals surface area contributed by atoms with Gasteiger partial charge in [0.15, 0.2) is 6.61 Å². The van der Waals surface area contributed by atoms with Crippen LogP contribution in [-0.2, 0) is 16.1 Å². The Kier molecular flexibility index (Phi) is 9.02. The van der Waals surface area contributed by atoms with Gasteiger partial charge in [0.1, 0.15) is 11.8 Å². The number of rotatable bonds is 9. The predicted octanol–water partition coefficient (Wildman–Crippen LogP) is 5.19. The fourth-order valence-electron chi connectivity index (χ4n) is 3.86. The van der Waals surface area contributed by atoms with Crippen LogP contribution in [0.4, 0.5) is 0 Å². The first kappa shape index (κ1) is 23.9. The molecule has 3 rings (SSSR count). The maximum atomic E-state index is 13.2. The average Bonchev–Trinajstić information content (AvgIpc) is 3.27. The first-order valence-corrected chi connectivity index (χ1v) is 12.1. The van der Waals surface area contributed by atoms with Crippen molar-refractivity contribution in [1.82, 2.24) is 10.2 Å². The number of hydrogen-bond donors (Lipinski definition) is 1. The lowest BCUT2D eigenvalue weighted by molar-refractivity contribution is -0.143. The second kappa shape index (κ2) is 11.7. The number of carbonyl (C=O) groups excluding carboxylic acids is 2. The summed E-state index contributed by atoms with van der Waals surface area (Å²) in [6.07, 6.45) is 4.77. The van der Waals surface area contributed by atoms with Crippen LogP contribution in [0.5, 0.6) is 5.75 Å². The summed E-state index contributed by atoms with van der Waals surface area (Å²) in [4.78, 5) is 27.9. The van der Waals surface area contributed by atoms with Crippen LogP contribution in [0.25, 0.3) is 0 Å². The van der Waals surface area contributed by atoms with Gasteiger partial charge in [-0.15, -0.1) is 0 Å². The van der Waals surface area contributed by atoms with E-state index >= 15 is 0 Å². The van der Waals surface area contributed by atoms with Gasteiger partial charge in [-0.25, -0.2) is 0 Å². The van der Waals surface area contributed by atoms with Gasteiger partial charge in [0, 0.05) is 21.2 Å². The van der Waals surface area contributed by atoms with E-state index in [1.165, 1.54) is 0 Å². The maximum Gasteiger partial charge on any atom is 0.261 e. The minimum absolute atomic E-state index is 0.107. The molecule has 31 heavy (non-hydrogen) atoms. The number of hydrogen-bond acceptors (Lipinski definition) is 3. The van der Waals surface area contributed by atoms with Crippen LogP contribution in [0.15, 0.2) is 48.5 Å². The number of carbonyl (C=O) groups is 2. The topological polar surface area (TPSA) is 58.6 Å². The second-order valence-corrected chi connectivity index (χ2v) is 9.42. The molecular weight excluding hydrogens is 527 g/mol. The van der Waals surface area contributed by atoms with Gasteiger partial charge in [0.05, 0.1) is 0 Å². The highest BCUT2D eigenvalue weighted by Crippen LogP contribution is 2.22. The predicted molar refractivity (Wildman–Crippen MR) is 131 cm³/mol. The molecule has 7 heteroatoms. The fourth-order valence-corrected chi connectivity index (χ4v) is 4.41. The van der Waals surface area contributed by atoms with Crippen LogP contribution in [0.2, 0.25) is 5.02 Å². The number of amides is 2. The summed E-state index contributed by atoms with van der Waals surface area (Å²) in [6, 6.07) is 14.5. The third-order valence-electron chi connectivity index (χ3n) is 5.56. The van der Waals surface area contributed by atoms with Gasteiger partial charge >= 0.3 is 0 Å². The quantitative estimate of drug-likeness (QED) is 0.434. The first-order chi connectivity index (χ1) is 15.0. The smallest absolute Gasteiger partial charge is 0.261 e. The van der Waals surface area contributed by atoms with Gasteiger partial charge in [0.2, 0.25) is 5.91 Å². The van der Waals surface area contributed by atoms with Gasteiger partial charge in [-0.3, -0.25) is 9.59 Å². The highest BCUT2D eigenvalue weighted by atomic mass is 127. The number of halogens is 2. The molecule has 1 unspecified atom stereocenters. The third kappa shape index (κ3) is 6.84. The molecule has 5 nitrogen and oxygen atoms in total. The van der Waals surface area contributed by atoms with Gasteiger partial charge in [-0.05, 0) is 77.7 Å². The Balaban J connectivity index is 1.76. The molecule has 0 heterocycles. The largest absolute Gasteiger partial charge is 0.484 e. The average molecular weight is 555 g/mol. The van der Waals surface area contributed by atoms with Crippen molar-refractivity contribution in [3.8, 4) is 5.75 Å². The number of benzene rings is 2. The van der Waals surface area contributed by atoms with E-state index in [-0.39, 0.29) is 31.0 Å². The lowest BCUT2D eigenvalue weighted by Gasteiger charge is -2.31. The highest BCUT2D eigenvalue weighted by molar-refractivity contribution is 14.1. The van der Waals surface area contributed by atoms with E-state index in [4.69, 9.17) is 16.3 Å². The molecule has 0 saturated heterocycles. The molecular formula is C24H28ClIN2O3. The maximum absolute atomic E-state index is 13.2. The van der Waals surface area contributed by atoms with E-state index in [0.717, 1.165) is 34.8 Å². The minimum Gasteiger partial charge on any atom is -0.484 e. The van der Waals surface area contributed by atoms with Crippen LogP contribution in [0, 0.1) is 3.57 Å². The molecule has 0 spiro atoms. The van der Waals surface area contributed by atoms with Gasteiger partial charge in [-0.1, -0.05) is 49.6 Å². The van der Waals surface area contributed by atoms with Crippen molar-refractivity contribution in [1.29, 1.82) is 0 Å². The molecule has 0 radical (unpaired) electrons. The standard InChI is InChI=1S/C24H28ClIN2O3/c1-2-22(24(30)27-19-8-4-5-9-19)28(15-17-7-3-6-10-21(17)25)23(29)16-31-20-13-11-18(26)12-14-20/h3,6-7,10-14,19,22H,2,4-5,8-9,15-16H2,1H3,(H,27,30). The summed E-state index contributed by atoms with van der Waals surface area (Å²) >= 11 is 8.57. The number of nitrogens with zero attached hydrogens (tertiary/aromatic N) is 1. The van der Waals surface area contributed by atoms with E-state index < -0.39 is 6.04 Å². The van der Waals surface area contributed by atoms with Crippen LogP contribution < -0.4 is 10.1 Å². The van der Waals surface area contributed by atoms with E-state index in [1.54, 1.807) is 11.0 Å². The van der Waals surface area contributed by atoms with Crippen LogP contribution in [0.1, 0.15) is 44.6 Å². The molecule has 1 atom stereocenters. The summed E-state index contributed by atoms with van der Waals surface area (Å²) in [7, 11) is 0. The Morgan fingerprint density at radius 3 is 2.48 bits per heavy atom. The molecule has 2 amide bonds. The molecule has 2 aromatic carbocycles. The number of nitrogens with one attached hydrogen (secondary N) is 1. The Labute approximate surface area is 202 Å². The second-order valence-electron chi connectivity index (χ2n) is 7.77.